The molecule has 0 radical (unpaired) electrons. The molecule has 0 bridgehead atoms. The molecule has 0 spiro atoms. The van der Waals surface area contributed by atoms with Crippen LogP contribution in [0.1, 0.15) is 10.4 Å². The van der Waals surface area contributed by atoms with E-state index in [1.165, 1.54) is 24.4 Å². The van der Waals surface area contributed by atoms with Crippen molar-refractivity contribution in [2.24, 2.45) is 0 Å². The van der Waals surface area contributed by atoms with Crippen LogP contribution in [0.2, 0.25) is 0 Å². The third-order valence-corrected chi connectivity index (χ3v) is 3.88. The molecule has 0 aliphatic carbocycles. The Hall–Kier alpha value is -2.48. The van der Waals surface area contributed by atoms with E-state index in [1.54, 1.807) is 18.2 Å². The van der Waals surface area contributed by atoms with Gasteiger partial charge in [-0.15, -0.1) is 0 Å². The smallest absolute Gasteiger partial charge is 0.255 e. The molecule has 0 unspecified atom stereocenters. The average molecular weight is 337 g/mol. The number of rotatable bonds is 6. The van der Waals surface area contributed by atoms with Crippen LogP contribution in [0.15, 0.2) is 42.6 Å². The molecular formula is C15H16FN3O3S. The third kappa shape index (κ3) is 5.03. The minimum Gasteiger partial charge on any atom is -0.351 e. The van der Waals surface area contributed by atoms with E-state index in [0.717, 1.165) is 6.26 Å². The lowest BCUT2D eigenvalue weighted by Crippen LogP contribution is -2.29. The van der Waals surface area contributed by atoms with Gasteiger partial charge in [-0.05, 0) is 24.3 Å². The van der Waals surface area contributed by atoms with Crippen LogP contribution < -0.4 is 10.6 Å². The second-order valence-electron chi connectivity index (χ2n) is 4.89. The summed E-state index contributed by atoms with van der Waals surface area (Å²) in [6, 6.07) is 9.11. The van der Waals surface area contributed by atoms with Crippen LogP contribution in [0.5, 0.6) is 0 Å². The first kappa shape index (κ1) is 16.9. The quantitative estimate of drug-likeness (QED) is 0.838. The number of nitrogens with one attached hydrogen (secondary N) is 2. The molecule has 0 aliphatic rings. The first-order valence-electron chi connectivity index (χ1n) is 6.79. The highest BCUT2D eigenvalue weighted by Crippen LogP contribution is 2.20. The Morgan fingerprint density at radius 3 is 2.65 bits per heavy atom. The van der Waals surface area contributed by atoms with Gasteiger partial charge in [-0.2, -0.15) is 0 Å². The molecule has 0 saturated heterocycles. The summed E-state index contributed by atoms with van der Waals surface area (Å²) in [6.07, 6.45) is 2.56. The highest BCUT2D eigenvalue weighted by atomic mass is 32.2. The van der Waals surface area contributed by atoms with E-state index in [1.807, 2.05) is 0 Å². The highest BCUT2D eigenvalue weighted by molar-refractivity contribution is 7.90. The molecule has 1 amide bonds. The molecule has 0 saturated carbocycles. The molecule has 2 aromatic rings. The number of sulfone groups is 1. The van der Waals surface area contributed by atoms with Crippen molar-refractivity contribution in [1.82, 2.24) is 10.3 Å². The number of para-hydroxylation sites is 1. The van der Waals surface area contributed by atoms with Crippen LogP contribution in [0.3, 0.4) is 0 Å². The Morgan fingerprint density at radius 2 is 1.96 bits per heavy atom. The zero-order chi connectivity index (χ0) is 16.9. The molecule has 6 nitrogen and oxygen atoms in total. The molecule has 2 N–H and O–H groups in total. The molecule has 0 fully saturated rings. The maximum atomic E-state index is 13.7. The third-order valence-electron chi connectivity index (χ3n) is 2.94. The number of halogens is 1. The zero-order valence-electron chi connectivity index (χ0n) is 12.4. The van der Waals surface area contributed by atoms with E-state index in [2.05, 4.69) is 15.6 Å². The number of amides is 1. The number of hydrogen-bond acceptors (Lipinski definition) is 5. The predicted molar refractivity (Wildman–Crippen MR) is 86.0 cm³/mol. The fourth-order valence-corrected chi connectivity index (χ4v) is 2.30. The number of carbonyl (C=O) groups excluding carboxylic acids is 1. The van der Waals surface area contributed by atoms with Gasteiger partial charge in [-0.1, -0.05) is 12.1 Å². The Bertz CT molecular complexity index is 809. The molecule has 8 heteroatoms. The standard InChI is InChI=1S/C15H16FN3O3S/c1-23(21,22)10-9-18-15(20)11-5-4-8-17-14(11)19-13-7-3-2-6-12(13)16/h2-8H,9-10H2,1H3,(H,17,19)(H,18,20). The van der Waals surface area contributed by atoms with Crippen LogP contribution >= 0.6 is 0 Å². The van der Waals surface area contributed by atoms with Gasteiger partial charge in [-0.25, -0.2) is 17.8 Å². The lowest BCUT2D eigenvalue weighted by atomic mass is 10.2. The Kier molecular flexibility index (Phi) is 5.28. The summed E-state index contributed by atoms with van der Waals surface area (Å²) < 4.78 is 35.8. The number of anilines is 2. The van der Waals surface area contributed by atoms with Crippen LogP contribution in [0, 0.1) is 5.82 Å². The van der Waals surface area contributed by atoms with Crippen LogP contribution in [-0.4, -0.2) is 37.9 Å². The van der Waals surface area contributed by atoms with Crippen molar-refractivity contribution in [2.45, 2.75) is 0 Å². The summed E-state index contributed by atoms with van der Waals surface area (Å²) in [5, 5.41) is 5.27. The molecule has 1 aromatic heterocycles. The van der Waals surface area contributed by atoms with Crippen molar-refractivity contribution in [3.05, 3.63) is 54.0 Å². The summed E-state index contributed by atoms with van der Waals surface area (Å²) in [5.74, 6) is -0.925. The van der Waals surface area contributed by atoms with Crippen molar-refractivity contribution in [1.29, 1.82) is 0 Å². The van der Waals surface area contributed by atoms with Crippen molar-refractivity contribution in [3.63, 3.8) is 0 Å². The van der Waals surface area contributed by atoms with Gasteiger partial charge in [0.05, 0.1) is 17.0 Å². The molecule has 1 aromatic carbocycles. The molecule has 122 valence electrons. The first-order chi connectivity index (χ1) is 10.9. The summed E-state index contributed by atoms with van der Waals surface area (Å²) in [5.41, 5.74) is 0.389. The highest BCUT2D eigenvalue weighted by Gasteiger charge is 2.14. The second kappa shape index (κ2) is 7.19. The van der Waals surface area contributed by atoms with Gasteiger partial charge in [-0.3, -0.25) is 4.79 Å². The maximum Gasteiger partial charge on any atom is 0.255 e. The van der Waals surface area contributed by atoms with Gasteiger partial charge in [0.2, 0.25) is 0 Å². The fourth-order valence-electron chi connectivity index (χ4n) is 1.82. The van der Waals surface area contributed by atoms with Gasteiger partial charge in [0, 0.05) is 19.0 Å². The largest absolute Gasteiger partial charge is 0.351 e. The van der Waals surface area contributed by atoms with E-state index in [4.69, 9.17) is 0 Å². The second-order valence-corrected chi connectivity index (χ2v) is 7.15. The van der Waals surface area contributed by atoms with Crippen molar-refractivity contribution in [2.75, 3.05) is 23.9 Å². The van der Waals surface area contributed by atoms with Crippen molar-refractivity contribution < 1.29 is 17.6 Å². The zero-order valence-corrected chi connectivity index (χ0v) is 13.2. The van der Waals surface area contributed by atoms with Gasteiger partial charge < -0.3 is 10.6 Å². The van der Waals surface area contributed by atoms with E-state index in [-0.39, 0.29) is 29.4 Å². The maximum absolute atomic E-state index is 13.7. The van der Waals surface area contributed by atoms with Gasteiger partial charge in [0.1, 0.15) is 21.5 Å². The Morgan fingerprint density at radius 1 is 1.22 bits per heavy atom. The van der Waals surface area contributed by atoms with Gasteiger partial charge in [0.15, 0.2) is 0 Å². The molecular weight excluding hydrogens is 321 g/mol. The Balaban J connectivity index is 2.14. The monoisotopic (exact) mass is 337 g/mol. The number of hydrogen-bond donors (Lipinski definition) is 2. The molecule has 1 heterocycles. The van der Waals surface area contributed by atoms with Gasteiger partial charge in [0.25, 0.3) is 5.91 Å². The topological polar surface area (TPSA) is 88.2 Å². The normalized spacial score (nSPS) is 11.0. The molecule has 23 heavy (non-hydrogen) atoms. The average Bonchev–Trinajstić information content (AvgIpc) is 2.49. The van der Waals surface area contributed by atoms with E-state index in [9.17, 15) is 17.6 Å². The van der Waals surface area contributed by atoms with E-state index < -0.39 is 21.6 Å². The number of pyridine rings is 1. The number of nitrogens with zero attached hydrogens (tertiary/aromatic N) is 1. The minimum atomic E-state index is -3.16. The van der Waals surface area contributed by atoms with E-state index >= 15 is 0 Å². The lowest BCUT2D eigenvalue weighted by Gasteiger charge is -2.11. The summed E-state index contributed by atoms with van der Waals surface area (Å²) >= 11 is 0. The van der Waals surface area contributed by atoms with Crippen LogP contribution in [0.4, 0.5) is 15.9 Å². The molecule has 0 atom stereocenters. The lowest BCUT2D eigenvalue weighted by molar-refractivity contribution is 0.0956. The predicted octanol–water partition coefficient (Wildman–Crippen LogP) is 1.74. The van der Waals surface area contributed by atoms with Crippen molar-refractivity contribution >= 4 is 27.2 Å². The summed E-state index contributed by atoms with van der Waals surface area (Å²) in [4.78, 5) is 16.2. The Labute approximate surface area is 133 Å². The van der Waals surface area contributed by atoms with E-state index in [0.29, 0.717) is 0 Å². The SMILES string of the molecule is CS(=O)(=O)CCNC(=O)c1cccnc1Nc1ccccc1F. The van der Waals surface area contributed by atoms with Crippen molar-refractivity contribution in [3.8, 4) is 0 Å². The molecule has 2 rings (SSSR count). The number of aromatic nitrogens is 1. The summed E-state index contributed by atoms with van der Waals surface area (Å²) in [7, 11) is -3.16. The first-order valence-corrected chi connectivity index (χ1v) is 8.85. The summed E-state index contributed by atoms with van der Waals surface area (Å²) in [6.45, 7) is -0.00824. The number of benzene rings is 1. The van der Waals surface area contributed by atoms with Crippen LogP contribution in [-0.2, 0) is 9.84 Å². The fraction of sp³-hybridized carbons (Fsp3) is 0.200. The number of carbonyl (C=O) groups is 1. The minimum absolute atomic E-state index is 0.00824. The van der Waals surface area contributed by atoms with Gasteiger partial charge >= 0.3 is 0 Å². The van der Waals surface area contributed by atoms with Crippen LogP contribution in [0.25, 0.3) is 0 Å². The molecule has 0 aliphatic heterocycles.